The van der Waals surface area contributed by atoms with Crippen LogP contribution in [0, 0.1) is 12.7 Å². The van der Waals surface area contributed by atoms with Crippen molar-refractivity contribution in [3.63, 3.8) is 0 Å². The molecule has 28 heavy (non-hydrogen) atoms. The number of halogens is 1. The molecule has 0 radical (unpaired) electrons. The van der Waals surface area contributed by atoms with Crippen molar-refractivity contribution in [3.8, 4) is 0 Å². The summed E-state index contributed by atoms with van der Waals surface area (Å²) in [5, 5.41) is 24.8. The minimum Gasteiger partial charge on any atom is -0.390 e. The molecule has 8 heteroatoms. The van der Waals surface area contributed by atoms with Crippen LogP contribution in [-0.2, 0) is 17.6 Å². The van der Waals surface area contributed by atoms with Gasteiger partial charge in [0.15, 0.2) is 0 Å². The predicted octanol–water partition coefficient (Wildman–Crippen LogP) is 1.68. The number of tetrazole rings is 1. The molecule has 0 spiro atoms. The Labute approximate surface area is 161 Å². The molecule has 144 valence electrons. The molecule has 2 N–H and O–H groups in total. The van der Waals surface area contributed by atoms with Crippen LogP contribution in [0.5, 0.6) is 0 Å². The van der Waals surface area contributed by atoms with Crippen LogP contribution in [0.3, 0.4) is 0 Å². The number of nitrogens with zero attached hydrogens (tertiary/aromatic N) is 4. The van der Waals surface area contributed by atoms with Gasteiger partial charge in [0.25, 0.3) is 0 Å². The Bertz CT molecular complexity index is 1010. The van der Waals surface area contributed by atoms with Crippen LogP contribution < -0.4 is 5.32 Å². The summed E-state index contributed by atoms with van der Waals surface area (Å²) in [6.45, 7) is 1.70. The van der Waals surface area contributed by atoms with Gasteiger partial charge in [0.1, 0.15) is 17.7 Å². The molecule has 4 rings (SSSR count). The van der Waals surface area contributed by atoms with Crippen molar-refractivity contribution in [3.05, 3.63) is 76.9 Å². The number of hydrogen-bond acceptors (Lipinski definition) is 5. The Balaban J connectivity index is 1.61. The van der Waals surface area contributed by atoms with E-state index >= 15 is 0 Å². The van der Waals surface area contributed by atoms with Gasteiger partial charge < -0.3 is 10.4 Å². The van der Waals surface area contributed by atoms with Crippen molar-refractivity contribution in [1.82, 2.24) is 25.5 Å². The number of aliphatic hydroxyl groups is 1. The predicted molar refractivity (Wildman–Crippen MR) is 98.7 cm³/mol. The molecule has 1 aliphatic carbocycles. The summed E-state index contributed by atoms with van der Waals surface area (Å²) in [6, 6.07) is 12.5. The van der Waals surface area contributed by atoms with Gasteiger partial charge in [-0.3, -0.25) is 4.79 Å². The lowest BCUT2D eigenvalue weighted by atomic mass is 10.0. The van der Waals surface area contributed by atoms with Crippen LogP contribution in [0.4, 0.5) is 4.39 Å². The van der Waals surface area contributed by atoms with Crippen LogP contribution in [0.15, 0.2) is 48.5 Å². The highest BCUT2D eigenvalue weighted by atomic mass is 19.1. The minimum absolute atomic E-state index is 0.222. The molecule has 0 saturated heterocycles. The molecule has 1 aromatic heterocycles. The van der Waals surface area contributed by atoms with Gasteiger partial charge in [-0.15, -0.1) is 5.10 Å². The Morgan fingerprint density at radius 1 is 1.32 bits per heavy atom. The minimum atomic E-state index is -0.767. The Morgan fingerprint density at radius 2 is 2.14 bits per heavy atom. The third-order valence-electron chi connectivity index (χ3n) is 5.08. The molecule has 3 unspecified atom stereocenters. The van der Waals surface area contributed by atoms with E-state index in [9.17, 15) is 14.3 Å². The molecule has 2 aromatic carbocycles. The number of rotatable bonds is 5. The van der Waals surface area contributed by atoms with E-state index in [4.69, 9.17) is 0 Å². The lowest BCUT2D eigenvalue weighted by Gasteiger charge is -2.23. The van der Waals surface area contributed by atoms with E-state index in [1.54, 1.807) is 19.1 Å². The number of aryl methyl sites for hydroxylation is 1. The second kappa shape index (κ2) is 7.47. The third-order valence-corrected chi connectivity index (χ3v) is 5.08. The van der Waals surface area contributed by atoms with Crippen LogP contribution >= 0.6 is 0 Å². The van der Waals surface area contributed by atoms with Crippen molar-refractivity contribution in [2.75, 3.05) is 0 Å². The second-order valence-electron chi connectivity index (χ2n) is 6.98. The summed E-state index contributed by atoms with van der Waals surface area (Å²) < 4.78 is 15.0. The van der Waals surface area contributed by atoms with Gasteiger partial charge in [0.05, 0.1) is 12.1 Å². The quantitative estimate of drug-likeness (QED) is 0.701. The molecule has 1 aliphatic rings. The standard InChI is InChI=1S/C20H20FN5O2/c1-12-23-24-25-26(12)17(10-13-5-4-7-15(21)9-13)20(28)22-19-16-8-3-2-6-14(16)11-18(19)27/h2-9,17-19,27H,10-11H2,1H3,(H,22,28). The van der Waals surface area contributed by atoms with Crippen LogP contribution in [0.1, 0.15) is 34.6 Å². The van der Waals surface area contributed by atoms with E-state index in [0.29, 0.717) is 17.8 Å². The molecular formula is C20H20FN5O2. The number of hydrogen-bond donors (Lipinski definition) is 2. The number of aliphatic hydroxyl groups excluding tert-OH is 1. The summed E-state index contributed by atoms with van der Waals surface area (Å²) in [6.07, 6.45) is 0.00521. The van der Waals surface area contributed by atoms with Crippen molar-refractivity contribution >= 4 is 5.91 Å². The molecule has 7 nitrogen and oxygen atoms in total. The maximum atomic E-state index is 13.6. The lowest BCUT2D eigenvalue weighted by Crippen LogP contribution is -2.40. The van der Waals surface area contributed by atoms with Crippen LogP contribution in [0.2, 0.25) is 0 Å². The summed E-state index contributed by atoms with van der Waals surface area (Å²) in [5.41, 5.74) is 2.57. The fourth-order valence-corrected chi connectivity index (χ4v) is 3.70. The highest BCUT2D eigenvalue weighted by Gasteiger charge is 2.34. The average molecular weight is 381 g/mol. The number of carbonyl (C=O) groups excluding carboxylic acids is 1. The fourth-order valence-electron chi connectivity index (χ4n) is 3.70. The first-order valence-electron chi connectivity index (χ1n) is 9.08. The van der Waals surface area contributed by atoms with Gasteiger partial charge in [-0.05, 0) is 46.2 Å². The monoisotopic (exact) mass is 381 g/mol. The number of carbonyl (C=O) groups is 1. The molecule has 1 amide bonds. The molecule has 1 heterocycles. The zero-order chi connectivity index (χ0) is 19.7. The molecule has 3 aromatic rings. The Hall–Kier alpha value is -3.13. The maximum absolute atomic E-state index is 13.6. The van der Waals surface area contributed by atoms with Gasteiger partial charge in [0.2, 0.25) is 5.91 Å². The first-order valence-corrected chi connectivity index (χ1v) is 9.08. The Kier molecular flexibility index (Phi) is 4.87. The van der Waals surface area contributed by atoms with Gasteiger partial charge in [0, 0.05) is 12.8 Å². The van der Waals surface area contributed by atoms with Crippen molar-refractivity contribution in [2.45, 2.75) is 38.0 Å². The molecule has 0 aliphatic heterocycles. The largest absolute Gasteiger partial charge is 0.390 e. The zero-order valence-corrected chi connectivity index (χ0v) is 15.3. The average Bonchev–Trinajstić information content (AvgIpc) is 3.23. The summed E-state index contributed by atoms with van der Waals surface area (Å²) in [7, 11) is 0. The molecule has 0 bridgehead atoms. The van der Waals surface area contributed by atoms with Crippen molar-refractivity contribution in [1.29, 1.82) is 0 Å². The maximum Gasteiger partial charge on any atom is 0.245 e. The summed E-state index contributed by atoms with van der Waals surface area (Å²) in [5.74, 6) is -0.227. The molecule has 0 saturated carbocycles. The molecule has 3 atom stereocenters. The lowest BCUT2D eigenvalue weighted by molar-refractivity contribution is -0.126. The van der Waals surface area contributed by atoms with E-state index < -0.39 is 18.2 Å². The van der Waals surface area contributed by atoms with E-state index in [0.717, 1.165) is 11.1 Å². The van der Waals surface area contributed by atoms with Crippen molar-refractivity contribution < 1.29 is 14.3 Å². The summed E-state index contributed by atoms with van der Waals surface area (Å²) in [4.78, 5) is 13.2. The van der Waals surface area contributed by atoms with Crippen molar-refractivity contribution in [2.24, 2.45) is 0 Å². The number of fused-ring (bicyclic) bond motifs is 1. The number of amides is 1. The van der Waals surface area contributed by atoms with Crippen LogP contribution in [-0.4, -0.2) is 37.3 Å². The topological polar surface area (TPSA) is 92.9 Å². The molecular weight excluding hydrogens is 361 g/mol. The fraction of sp³-hybridized carbons (Fsp3) is 0.300. The highest BCUT2D eigenvalue weighted by molar-refractivity contribution is 5.81. The van der Waals surface area contributed by atoms with Gasteiger partial charge in [-0.2, -0.15) is 0 Å². The number of nitrogens with one attached hydrogen (secondary N) is 1. The smallest absolute Gasteiger partial charge is 0.245 e. The second-order valence-corrected chi connectivity index (χ2v) is 6.98. The molecule has 0 fully saturated rings. The Morgan fingerprint density at radius 3 is 2.89 bits per heavy atom. The number of aromatic nitrogens is 4. The van der Waals surface area contributed by atoms with Gasteiger partial charge in [-0.25, -0.2) is 9.07 Å². The third kappa shape index (κ3) is 3.50. The normalized spacial score (nSPS) is 19.2. The van der Waals surface area contributed by atoms with Gasteiger partial charge >= 0.3 is 0 Å². The van der Waals surface area contributed by atoms with E-state index in [1.165, 1.54) is 16.8 Å². The first kappa shape index (κ1) is 18.2. The summed E-state index contributed by atoms with van der Waals surface area (Å²) >= 11 is 0. The van der Waals surface area contributed by atoms with Crippen LogP contribution in [0.25, 0.3) is 0 Å². The van der Waals surface area contributed by atoms with E-state index in [1.807, 2.05) is 24.3 Å². The van der Waals surface area contributed by atoms with Gasteiger partial charge in [-0.1, -0.05) is 36.4 Å². The first-order chi connectivity index (χ1) is 13.5. The van der Waals surface area contributed by atoms with E-state index in [2.05, 4.69) is 20.8 Å². The zero-order valence-electron chi connectivity index (χ0n) is 15.3. The number of benzene rings is 2. The van der Waals surface area contributed by atoms with E-state index in [-0.39, 0.29) is 18.1 Å². The SMILES string of the molecule is Cc1nnnn1C(Cc1cccc(F)c1)C(=O)NC1c2ccccc2CC1O. The highest BCUT2D eigenvalue weighted by Crippen LogP contribution is 2.32.